The van der Waals surface area contributed by atoms with Gasteiger partial charge in [-0.3, -0.25) is 0 Å². The van der Waals surface area contributed by atoms with Gasteiger partial charge in [-0.15, -0.1) is 0 Å². The van der Waals surface area contributed by atoms with Crippen LogP contribution >= 0.6 is 0 Å². The molecule has 0 bridgehead atoms. The van der Waals surface area contributed by atoms with Gasteiger partial charge in [-0.1, -0.05) is 32.4 Å². The lowest BCUT2D eigenvalue weighted by atomic mass is 9.44. The Morgan fingerprint density at radius 2 is 1.75 bits per heavy atom. The fourth-order valence-corrected chi connectivity index (χ4v) is 7.16. The van der Waals surface area contributed by atoms with Crippen LogP contribution < -0.4 is 0 Å². The standard InChI is InChI=1S/C20H32O2.CH4O/c1-12-10-18(22)19(2)9-8-16-15-6-5-14(21)11-13(15)4-7-17(16)20(12,19)3;1-2/h11-12,14-18,21-22H,4-10H2,1-3H3;2H,1H3/t12-,14?,15?,16?,17-,18?,19?,20?;/m1./s1. The highest BCUT2D eigenvalue weighted by atomic mass is 16.3. The zero-order valence-corrected chi connectivity index (χ0v) is 15.8. The molecule has 4 rings (SSSR count). The topological polar surface area (TPSA) is 60.7 Å². The third-order valence-electron chi connectivity index (χ3n) is 8.77. The van der Waals surface area contributed by atoms with Gasteiger partial charge in [-0.05, 0) is 79.4 Å². The Morgan fingerprint density at radius 1 is 1.04 bits per heavy atom. The van der Waals surface area contributed by atoms with Gasteiger partial charge >= 0.3 is 0 Å². The van der Waals surface area contributed by atoms with Gasteiger partial charge in [0.15, 0.2) is 0 Å². The van der Waals surface area contributed by atoms with E-state index in [1.54, 1.807) is 5.57 Å². The normalized spacial score (nSPS) is 53.0. The minimum absolute atomic E-state index is 0.112. The van der Waals surface area contributed by atoms with Gasteiger partial charge in [0.1, 0.15) is 0 Å². The monoisotopic (exact) mass is 336 g/mol. The van der Waals surface area contributed by atoms with Crippen LogP contribution in [0.4, 0.5) is 0 Å². The smallest absolute Gasteiger partial charge is 0.0723 e. The van der Waals surface area contributed by atoms with Crippen molar-refractivity contribution in [3.8, 4) is 0 Å². The molecule has 0 aromatic carbocycles. The van der Waals surface area contributed by atoms with E-state index in [1.807, 2.05) is 0 Å². The molecular weight excluding hydrogens is 300 g/mol. The number of allylic oxidation sites excluding steroid dienone is 1. The number of fused-ring (bicyclic) bond motifs is 5. The summed E-state index contributed by atoms with van der Waals surface area (Å²) >= 11 is 0. The molecule has 3 heteroatoms. The minimum Gasteiger partial charge on any atom is -0.400 e. The van der Waals surface area contributed by atoms with Crippen LogP contribution in [-0.2, 0) is 0 Å². The van der Waals surface area contributed by atoms with E-state index >= 15 is 0 Å². The summed E-state index contributed by atoms with van der Waals surface area (Å²) in [7, 11) is 1.00. The molecule has 24 heavy (non-hydrogen) atoms. The molecule has 0 aliphatic heterocycles. The van der Waals surface area contributed by atoms with Crippen molar-refractivity contribution in [3.63, 3.8) is 0 Å². The number of aliphatic hydroxyl groups excluding tert-OH is 3. The second kappa shape index (κ2) is 6.41. The van der Waals surface area contributed by atoms with Crippen LogP contribution in [0.15, 0.2) is 11.6 Å². The van der Waals surface area contributed by atoms with E-state index in [9.17, 15) is 10.2 Å². The van der Waals surface area contributed by atoms with Crippen LogP contribution in [-0.4, -0.2) is 34.6 Å². The maximum atomic E-state index is 10.7. The first-order valence-electron chi connectivity index (χ1n) is 9.89. The van der Waals surface area contributed by atoms with E-state index in [4.69, 9.17) is 5.11 Å². The number of rotatable bonds is 0. The molecule has 8 atom stereocenters. The quantitative estimate of drug-likeness (QED) is 0.593. The average Bonchev–Trinajstić information content (AvgIpc) is 2.76. The van der Waals surface area contributed by atoms with E-state index < -0.39 is 0 Å². The molecule has 4 aliphatic rings. The fraction of sp³-hybridized carbons (Fsp3) is 0.905. The van der Waals surface area contributed by atoms with E-state index in [0.29, 0.717) is 11.8 Å². The van der Waals surface area contributed by atoms with Crippen molar-refractivity contribution in [2.45, 2.75) is 77.9 Å². The molecule has 3 fully saturated rings. The summed E-state index contributed by atoms with van der Waals surface area (Å²) in [6.45, 7) is 7.25. The van der Waals surface area contributed by atoms with Crippen molar-refractivity contribution in [1.82, 2.24) is 0 Å². The Balaban J connectivity index is 0.000000815. The highest BCUT2D eigenvalue weighted by Gasteiger charge is 2.65. The van der Waals surface area contributed by atoms with Crippen LogP contribution in [0.5, 0.6) is 0 Å². The van der Waals surface area contributed by atoms with Crippen molar-refractivity contribution < 1.29 is 15.3 Å². The average molecular weight is 337 g/mol. The maximum absolute atomic E-state index is 10.7. The SMILES string of the molecule is CO.C[C@@H]1CC(O)C2(C)CCC3C4CCC(O)C=C4CC[C@H]3C12C. The van der Waals surface area contributed by atoms with Gasteiger partial charge in [0.2, 0.25) is 0 Å². The third kappa shape index (κ3) is 2.34. The number of aliphatic hydroxyl groups is 3. The highest BCUT2D eigenvalue weighted by molar-refractivity contribution is 5.22. The molecule has 3 nitrogen and oxygen atoms in total. The van der Waals surface area contributed by atoms with Gasteiger partial charge in [0.05, 0.1) is 12.2 Å². The maximum Gasteiger partial charge on any atom is 0.0723 e. The largest absolute Gasteiger partial charge is 0.400 e. The highest BCUT2D eigenvalue weighted by Crippen LogP contribution is 2.70. The molecule has 6 unspecified atom stereocenters. The molecule has 3 saturated carbocycles. The Morgan fingerprint density at radius 3 is 2.46 bits per heavy atom. The van der Waals surface area contributed by atoms with Crippen LogP contribution in [0.25, 0.3) is 0 Å². The summed E-state index contributed by atoms with van der Waals surface area (Å²) in [4.78, 5) is 0. The van der Waals surface area contributed by atoms with Crippen LogP contribution in [0.2, 0.25) is 0 Å². The van der Waals surface area contributed by atoms with E-state index in [0.717, 1.165) is 31.8 Å². The Bertz CT molecular complexity index is 501. The van der Waals surface area contributed by atoms with Gasteiger partial charge in [-0.2, -0.15) is 0 Å². The zero-order valence-electron chi connectivity index (χ0n) is 15.8. The number of hydrogen-bond acceptors (Lipinski definition) is 3. The predicted molar refractivity (Wildman–Crippen MR) is 96.4 cm³/mol. The fourth-order valence-electron chi connectivity index (χ4n) is 7.16. The lowest BCUT2D eigenvalue weighted by Crippen LogP contribution is -2.55. The first-order valence-corrected chi connectivity index (χ1v) is 9.89. The minimum atomic E-state index is -0.195. The third-order valence-corrected chi connectivity index (χ3v) is 8.77. The second-order valence-electron chi connectivity index (χ2n) is 9.19. The lowest BCUT2D eigenvalue weighted by Gasteiger charge is -2.60. The van der Waals surface area contributed by atoms with E-state index in [2.05, 4.69) is 26.8 Å². The van der Waals surface area contributed by atoms with Gasteiger partial charge < -0.3 is 15.3 Å². The summed E-state index contributed by atoms with van der Waals surface area (Å²) in [6.07, 6.45) is 9.89. The van der Waals surface area contributed by atoms with E-state index in [-0.39, 0.29) is 23.0 Å². The van der Waals surface area contributed by atoms with Gasteiger partial charge in [0, 0.05) is 7.11 Å². The van der Waals surface area contributed by atoms with Crippen LogP contribution in [0.1, 0.15) is 65.7 Å². The van der Waals surface area contributed by atoms with Gasteiger partial charge in [0.25, 0.3) is 0 Å². The molecule has 0 saturated heterocycles. The summed E-state index contributed by atoms with van der Waals surface area (Å²) in [5.74, 6) is 2.89. The summed E-state index contributed by atoms with van der Waals surface area (Å²) in [5, 5.41) is 27.7. The molecule has 0 heterocycles. The van der Waals surface area contributed by atoms with Crippen molar-refractivity contribution >= 4 is 0 Å². The molecule has 0 aromatic rings. The van der Waals surface area contributed by atoms with Crippen molar-refractivity contribution in [2.24, 2.45) is 34.5 Å². The van der Waals surface area contributed by atoms with Crippen LogP contribution in [0, 0.1) is 34.5 Å². The second-order valence-corrected chi connectivity index (χ2v) is 9.19. The molecule has 4 aliphatic carbocycles. The zero-order chi connectivity index (χ0) is 17.7. The Kier molecular flexibility index (Phi) is 4.92. The van der Waals surface area contributed by atoms with Gasteiger partial charge in [-0.25, -0.2) is 0 Å². The number of hydrogen-bond donors (Lipinski definition) is 3. The molecule has 0 radical (unpaired) electrons. The molecule has 3 N–H and O–H groups in total. The van der Waals surface area contributed by atoms with Crippen molar-refractivity contribution in [3.05, 3.63) is 11.6 Å². The predicted octanol–water partition coefficient (Wildman–Crippen LogP) is 3.53. The first-order chi connectivity index (χ1) is 11.4. The first kappa shape index (κ1) is 18.4. The Labute approximate surface area is 147 Å². The molecular formula is C21H36O3. The summed E-state index contributed by atoms with van der Waals surface area (Å²) < 4.78 is 0. The lowest BCUT2D eigenvalue weighted by molar-refractivity contribution is -0.126. The summed E-state index contributed by atoms with van der Waals surface area (Å²) in [6, 6.07) is 0. The molecule has 0 amide bonds. The molecule has 138 valence electrons. The van der Waals surface area contributed by atoms with Crippen molar-refractivity contribution in [1.29, 1.82) is 0 Å². The molecule has 0 spiro atoms. The molecule has 0 aromatic heterocycles. The van der Waals surface area contributed by atoms with Crippen molar-refractivity contribution in [2.75, 3.05) is 7.11 Å². The van der Waals surface area contributed by atoms with E-state index in [1.165, 1.54) is 32.1 Å². The Hall–Kier alpha value is -0.380. The summed E-state index contributed by atoms with van der Waals surface area (Å²) in [5.41, 5.74) is 1.96. The van der Waals surface area contributed by atoms with Crippen LogP contribution in [0.3, 0.4) is 0 Å².